The van der Waals surface area contributed by atoms with Crippen molar-refractivity contribution in [2.75, 3.05) is 12.4 Å². The molecule has 0 atom stereocenters. The number of benzene rings is 1. The number of ether oxygens (including phenoxy) is 1. The minimum Gasteiger partial charge on any atom is -0.490 e. The van der Waals surface area contributed by atoms with Crippen LogP contribution in [0.25, 0.3) is 0 Å². The zero-order chi connectivity index (χ0) is 14.5. The van der Waals surface area contributed by atoms with Crippen LogP contribution in [0.3, 0.4) is 0 Å². The fourth-order valence-electron chi connectivity index (χ4n) is 1.71. The highest BCUT2D eigenvalue weighted by Crippen LogP contribution is 2.29. The maximum absolute atomic E-state index is 10.8. The van der Waals surface area contributed by atoms with Crippen molar-refractivity contribution >= 4 is 11.4 Å². The first-order chi connectivity index (χ1) is 9.63. The molecule has 0 bridgehead atoms. The first-order valence-corrected chi connectivity index (χ1v) is 6.14. The number of hydrogen-bond acceptors (Lipinski definition) is 6. The lowest BCUT2D eigenvalue weighted by molar-refractivity contribution is -0.385. The van der Waals surface area contributed by atoms with Gasteiger partial charge in [0.15, 0.2) is 5.75 Å². The topological polar surface area (TPSA) is 90.4 Å². The van der Waals surface area contributed by atoms with Crippen LogP contribution in [0.15, 0.2) is 28.8 Å². The van der Waals surface area contributed by atoms with Gasteiger partial charge in [-0.1, -0.05) is 6.92 Å². The maximum Gasteiger partial charge on any atom is 0.311 e. The molecule has 1 N–H and O–H groups in total. The van der Waals surface area contributed by atoms with Crippen LogP contribution in [-0.2, 0) is 13.0 Å². The summed E-state index contributed by atoms with van der Waals surface area (Å²) in [5.74, 6) is 1.60. The third kappa shape index (κ3) is 3.05. The van der Waals surface area contributed by atoms with Gasteiger partial charge in [0.05, 0.1) is 24.8 Å². The molecule has 0 fully saturated rings. The van der Waals surface area contributed by atoms with E-state index in [4.69, 9.17) is 9.15 Å². The molecule has 2 aromatic rings. The second-order valence-corrected chi connectivity index (χ2v) is 4.07. The third-order valence-electron chi connectivity index (χ3n) is 2.77. The number of hydrogen-bond donors (Lipinski definition) is 1. The van der Waals surface area contributed by atoms with Crippen molar-refractivity contribution in [1.82, 2.24) is 4.98 Å². The number of rotatable bonds is 6. The summed E-state index contributed by atoms with van der Waals surface area (Å²) in [5, 5.41) is 13.9. The van der Waals surface area contributed by atoms with Crippen LogP contribution in [0.4, 0.5) is 11.4 Å². The van der Waals surface area contributed by atoms with E-state index in [0.29, 0.717) is 18.1 Å². The zero-order valence-electron chi connectivity index (χ0n) is 11.3. The second kappa shape index (κ2) is 6.05. The van der Waals surface area contributed by atoms with Crippen LogP contribution < -0.4 is 10.1 Å². The zero-order valence-corrected chi connectivity index (χ0v) is 11.3. The molecule has 2 rings (SSSR count). The molecule has 7 nitrogen and oxygen atoms in total. The van der Waals surface area contributed by atoms with Crippen LogP contribution in [-0.4, -0.2) is 17.0 Å². The number of nitro benzene ring substituents is 1. The van der Waals surface area contributed by atoms with Crippen LogP contribution in [0.2, 0.25) is 0 Å². The molecule has 7 heteroatoms. The highest BCUT2D eigenvalue weighted by molar-refractivity contribution is 5.57. The van der Waals surface area contributed by atoms with Crippen molar-refractivity contribution in [3.63, 3.8) is 0 Å². The van der Waals surface area contributed by atoms with Gasteiger partial charge < -0.3 is 14.5 Å². The van der Waals surface area contributed by atoms with Crippen LogP contribution >= 0.6 is 0 Å². The Kier molecular flexibility index (Phi) is 4.19. The van der Waals surface area contributed by atoms with Gasteiger partial charge in [-0.3, -0.25) is 10.1 Å². The number of oxazole rings is 1. The number of anilines is 1. The molecule has 0 amide bonds. The summed E-state index contributed by atoms with van der Waals surface area (Å²) < 4.78 is 10.5. The van der Waals surface area contributed by atoms with Gasteiger partial charge in [0.1, 0.15) is 5.76 Å². The highest BCUT2D eigenvalue weighted by Gasteiger charge is 2.14. The Labute approximate surface area is 115 Å². The number of aromatic nitrogens is 1. The van der Waals surface area contributed by atoms with Gasteiger partial charge in [-0.05, 0) is 6.07 Å². The van der Waals surface area contributed by atoms with E-state index >= 15 is 0 Å². The van der Waals surface area contributed by atoms with Crippen LogP contribution in [0.1, 0.15) is 18.6 Å². The van der Waals surface area contributed by atoms with Gasteiger partial charge in [-0.2, -0.15) is 0 Å². The molecule has 0 aliphatic rings. The Balaban J connectivity index is 2.08. The summed E-state index contributed by atoms with van der Waals surface area (Å²) in [6.07, 6.45) is 2.48. The molecule has 0 saturated carbocycles. The second-order valence-electron chi connectivity index (χ2n) is 4.07. The summed E-state index contributed by atoms with van der Waals surface area (Å²) >= 11 is 0. The van der Waals surface area contributed by atoms with Crippen molar-refractivity contribution in [3.8, 4) is 5.75 Å². The van der Waals surface area contributed by atoms with E-state index < -0.39 is 4.92 Å². The molecule has 0 spiro atoms. The Morgan fingerprint density at radius 2 is 2.30 bits per heavy atom. The van der Waals surface area contributed by atoms with Crippen molar-refractivity contribution in [2.24, 2.45) is 0 Å². The number of nitro groups is 1. The van der Waals surface area contributed by atoms with Crippen LogP contribution in [0.5, 0.6) is 5.75 Å². The minimum atomic E-state index is -0.482. The van der Waals surface area contributed by atoms with E-state index in [2.05, 4.69) is 10.3 Å². The third-order valence-corrected chi connectivity index (χ3v) is 2.77. The van der Waals surface area contributed by atoms with Gasteiger partial charge in [0.2, 0.25) is 5.89 Å². The lowest BCUT2D eigenvalue weighted by atomic mass is 10.2. The molecule has 1 heterocycles. The van der Waals surface area contributed by atoms with E-state index in [1.165, 1.54) is 13.2 Å². The first kappa shape index (κ1) is 13.9. The Hall–Kier alpha value is -2.57. The predicted octanol–water partition coefficient (Wildman–Crippen LogP) is 2.77. The summed E-state index contributed by atoms with van der Waals surface area (Å²) in [7, 11) is 1.40. The van der Waals surface area contributed by atoms with Gasteiger partial charge >= 0.3 is 5.69 Å². The van der Waals surface area contributed by atoms with Crippen LogP contribution in [0, 0.1) is 10.1 Å². The molecule has 0 radical (unpaired) electrons. The monoisotopic (exact) mass is 277 g/mol. The molecule has 0 unspecified atom stereocenters. The molecular weight excluding hydrogens is 262 g/mol. The van der Waals surface area contributed by atoms with Crippen molar-refractivity contribution < 1.29 is 14.1 Å². The summed E-state index contributed by atoms with van der Waals surface area (Å²) in [6.45, 7) is 2.39. The summed E-state index contributed by atoms with van der Waals surface area (Å²) in [6, 6.07) is 4.58. The largest absolute Gasteiger partial charge is 0.490 e. The molecule has 0 saturated heterocycles. The highest BCUT2D eigenvalue weighted by atomic mass is 16.6. The Morgan fingerprint density at radius 1 is 1.50 bits per heavy atom. The van der Waals surface area contributed by atoms with E-state index in [-0.39, 0.29) is 11.4 Å². The minimum absolute atomic E-state index is 0.0672. The fraction of sp³-hybridized carbons (Fsp3) is 0.308. The molecule has 106 valence electrons. The van der Waals surface area contributed by atoms with E-state index in [9.17, 15) is 10.1 Å². The molecule has 1 aromatic heterocycles. The van der Waals surface area contributed by atoms with Gasteiger partial charge in [0, 0.05) is 24.2 Å². The first-order valence-electron chi connectivity index (χ1n) is 6.14. The number of methoxy groups -OCH3 is 1. The predicted molar refractivity (Wildman–Crippen MR) is 72.9 cm³/mol. The van der Waals surface area contributed by atoms with Gasteiger partial charge in [0.25, 0.3) is 0 Å². The van der Waals surface area contributed by atoms with Crippen molar-refractivity contribution in [3.05, 3.63) is 46.2 Å². The van der Waals surface area contributed by atoms with Gasteiger partial charge in [-0.15, -0.1) is 0 Å². The molecule has 1 aromatic carbocycles. The molecular formula is C13H15N3O4. The lowest BCUT2D eigenvalue weighted by Crippen LogP contribution is -2.01. The SMILES string of the molecule is CCc1cnc(CNc2ccc([N+](=O)[O-])c(OC)c2)o1. The number of nitrogens with one attached hydrogen (secondary N) is 1. The lowest BCUT2D eigenvalue weighted by Gasteiger charge is -2.06. The normalized spacial score (nSPS) is 10.3. The van der Waals surface area contributed by atoms with Crippen molar-refractivity contribution in [1.29, 1.82) is 0 Å². The van der Waals surface area contributed by atoms with Gasteiger partial charge in [-0.25, -0.2) is 4.98 Å². The average Bonchev–Trinajstić information content (AvgIpc) is 2.92. The number of nitrogens with zero attached hydrogens (tertiary/aromatic N) is 2. The van der Waals surface area contributed by atoms with E-state index in [0.717, 1.165) is 12.2 Å². The molecule has 0 aliphatic heterocycles. The summed E-state index contributed by atoms with van der Waals surface area (Å²) in [5.41, 5.74) is 0.631. The average molecular weight is 277 g/mol. The standard InChI is InChI=1S/C13H15N3O4/c1-3-10-7-15-13(20-10)8-14-9-4-5-11(16(17)18)12(6-9)19-2/h4-7,14H,3,8H2,1-2H3. The maximum atomic E-state index is 10.8. The molecule has 0 aliphatic carbocycles. The smallest absolute Gasteiger partial charge is 0.311 e. The van der Waals surface area contributed by atoms with Crippen molar-refractivity contribution in [2.45, 2.75) is 19.9 Å². The van der Waals surface area contributed by atoms with E-state index in [1.54, 1.807) is 18.3 Å². The Bertz CT molecular complexity index is 609. The molecule has 20 heavy (non-hydrogen) atoms. The fourth-order valence-corrected chi connectivity index (χ4v) is 1.71. The van der Waals surface area contributed by atoms with E-state index in [1.807, 2.05) is 6.92 Å². The summed E-state index contributed by atoms with van der Waals surface area (Å²) in [4.78, 5) is 14.4. The Morgan fingerprint density at radius 3 is 2.90 bits per heavy atom. The number of aryl methyl sites for hydroxylation is 1. The quantitative estimate of drug-likeness (QED) is 0.645.